The summed E-state index contributed by atoms with van der Waals surface area (Å²) in [6, 6.07) is -0.919. The number of amides is 1. The van der Waals surface area contributed by atoms with Gasteiger partial charge in [0.2, 0.25) is 5.91 Å². The summed E-state index contributed by atoms with van der Waals surface area (Å²) >= 11 is 0. The van der Waals surface area contributed by atoms with Crippen molar-refractivity contribution in [3.05, 3.63) is 0 Å². The summed E-state index contributed by atoms with van der Waals surface area (Å²) < 4.78 is 4.70. The molecule has 0 spiro atoms. The Morgan fingerprint density at radius 2 is 2.21 bits per heavy atom. The fourth-order valence-electron chi connectivity index (χ4n) is 0.774. The van der Waals surface area contributed by atoms with Crippen molar-refractivity contribution < 1.29 is 19.4 Å². The number of nitrogens with two attached hydrogens (primary N) is 1. The number of methoxy groups -OCH3 is 1. The zero-order chi connectivity index (χ0) is 11.0. The van der Waals surface area contributed by atoms with E-state index in [-0.39, 0.29) is 25.3 Å². The summed E-state index contributed by atoms with van der Waals surface area (Å²) in [5.74, 6) is -1.22. The van der Waals surface area contributed by atoms with Crippen LogP contribution in [0.3, 0.4) is 0 Å². The first-order chi connectivity index (χ1) is 6.57. The molecule has 82 valence electrons. The van der Waals surface area contributed by atoms with Gasteiger partial charge in [-0.3, -0.25) is 9.59 Å². The number of rotatable bonds is 7. The van der Waals surface area contributed by atoms with Gasteiger partial charge >= 0.3 is 5.97 Å². The molecule has 1 amide bonds. The Labute approximate surface area is 82.4 Å². The number of carbonyl (C=O) groups excluding carboxylic acids is 1. The molecule has 1 atom stereocenters. The van der Waals surface area contributed by atoms with Crippen molar-refractivity contribution in [1.82, 2.24) is 5.32 Å². The summed E-state index contributed by atoms with van der Waals surface area (Å²) in [5, 5.41) is 11.0. The van der Waals surface area contributed by atoms with Crippen LogP contribution in [0.2, 0.25) is 0 Å². The Hall–Kier alpha value is -1.14. The van der Waals surface area contributed by atoms with Crippen LogP contribution in [0.4, 0.5) is 0 Å². The fraction of sp³-hybridized carbons (Fsp3) is 0.750. The molecule has 0 aromatic carbocycles. The number of hydrogen-bond donors (Lipinski definition) is 3. The molecule has 0 aromatic rings. The maximum Gasteiger partial charge on any atom is 0.320 e. The molecular formula is C8H16N2O4. The van der Waals surface area contributed by atoms with Gasteiger partial charge in [-0.25, -0.2) is 0 Å². The van der Waals surface area contributed by atoms with Crippen molar-refractivity contribution in [2.75, 3.05) is 20.3 Å². The number of carboxylic acids is 1. The van der Waals surface area contributed by atoms with Crippen LogP contribution in [0.15, 0.2) is 0 Å². The van der Waals surface area contributed by atoms with Crippen LogP contribution in [-0.4, -0.2) is 43.3 Å². The minimum Gasteiger partial charge on any atom is -0.480 e. The van der Waals surface area contributed by atoms with E-state index in [0.29, 0.717) is 6.61 Å². The van der Waals surface area contributed by atoms with Gasteiger partial charge in [-0.2, -0.15) is 0 Å². The Balaban J connectivity index is 3.44. The maximum atomic E-state index is 11.0. The number of carbonyl (C=O) groups is 2. The minimum atomic E-state index is -1.06. The normalized spacial score (nSPS) is 12.1. The molecule has 0 saturated heterocycles. The van der Waals surface area contributed by atoms with Crippen molar-refractivity contribution >= 4 is 11.9 Å². The van der Waals surface area contributed by atoms with Crippen molar-refractivity contribution in [2.45, 2.75) is 18.9 Å². The SMILES string of the molecule is COCCC(=O)NCC[C@H](N)C(=O)O. The summed E-state index contributed by atoms with van der Waals surface area (Å²) in [7, 11) is 1.51. The number of aliphatic carboxylic acids is 1. The summed E-state index contributed by atoms with van der Waals surface area (Å²) in [4.78, 5) is 21.3. The highest BCUT2D eigenvalue weighted by Gasteiger charge is 2.10. The Kier molecular flexibility index (Phi) is 6.69. The Bertz CT molecular complexity index is 196. The van der Waals surface area contributed by atoms with Gasteiger partial charge in [0.25, 0.3) is 0 Å². The molecule has 0 aliphatic heterocycles. The molecule has 0 radical (unpaired) electrons. The smallest absolute Gasteiger partial charge is 0.320 e. The van der Waals surface area contributed by atoms with E-state index in [1.165, 1.54) is 7.11 Å². The molecular weight excluding hydrogens is 188 g/mol. The van der Waals surface area contributed by atoms with Crippen LogP contribution >= 0.6 is 0 Å². The third kappa shape index (κ3) is 6.38. The highest BCUT2D eigenvalue weighted by Crippen LogP contribution is 1.87. The van der Waals surface area contributed by atoms with Gasteiger partial charge in [-0.05, 0) is 6.42 Å². The fourth-order valence-corrected chi connectivity index (χ4v) is 0.774. The largest absolute Gasteiger partial charge is 0.480 e. The number of carboxylic acid groups (broad SMARTS) is 1. The molecule has 0 rings (SSSR count). The van der Waals surface area contributed by atoms with Crippen LogP contribution < -0.4 is 11.1 Å². The number of nitrogens with one attached hydrogen (secondary N) is 1. The standard InChI is InChI=1S/C8H16N2O4/c1-14-5-3-7(11)10-4-2-6(9)8(12)13/h6H,2-5,9H2,1H3,(H,10,11)(H,12,13)/t6-/m0/s1. The molecule has 0 aliphatic rings. The average Bonchev–Trinajstić information content (AvgIpc) is 2.14. The predicted molar refractivity (Wildman–Crippen MR) is 49.7 cm³/mol. The van der Waals surface area contributed by atoms with Gasteiger partial charge in [0, 0.05) is 20.1 Å². The Morgan fingerprint density at radius 1 is 1.57 bits per heavy atom. The third-order valence-electron chi connectivity index (χ3n) is 1.63. The molecule has 0 aromatic heterocycles. The first-order valence-electron chi connectivity index (χ1n) is 4.32. The average molecular weight is 204 g/mol. The van der Waals surface area contributed by atoms with Crippen LogP contribution in [0, 0.1) is 0 Å². The quantitative estimate of drug-likeness (QED) is 0.490. The molecule has 0 bridgehead atoms. The van der Waals surface area contributed by atoms with E-state index >= 15 is 0 Å². The van der Waals surface area contributed by atoms with Gasteiger partial charge < -0.3 is 20.9 Å². The first kappa shape index (κ1) is 12.9. The highest BCUT2D eigenvalue weighted by atomic mass is 16.5. The monoisotopic (exact) mass is 204 g/mol. The zero-order valence-corrected chi connectivity index (χ0v) is 8.16. The van der Waals surface area contributed by atoms with E-state index in [4.69, 9.17) is 15.6 Å². The van der Waals surface area contributed by atoms with Crippen molar-refractivity contribution in [3.8, 4) is 0 Å². The van der Waals surface area contributed by atoms with Crippen molar-refractivity contribution in [3.63, 3.8) is 0 Å². The maximum absolute atomic E-state index is 11.0. The van der Waals surface area contributed by atoms with E-state index in [0.717, 1.165) is 0 Å². The Morgan fingerprint density at radius 3 is 2.71 bits per heavy atom. The van der Waals surface area contributed by atoms with Crippen LogP contribution in [0.1, 0.15) is 12.8 Å². The predicted octanol–water partition coefficient (Wildman–Crippen LogP) is -1.06. The molecule has 0 heterocycles. The molecule has 6 nitrogen and oxygen atoms in total. The number of ether oxygens (including phenoxy) is 1. The molecule has 0 unspecified atom stereocenters. The van der Waals surface area contributed by atoms with Gasteiger partial charge in [0.05, 0.1) is 6.61 Å². The van der Waals surface area contributed by atoms with E-state index < -0.39 is 12.0 Å². The van der Waals surface area contributed by atoms with Gasteiger partial charge in [0.1, 0.15) is 6.04 Å². The first-order valence-corrected chi connectivity index (χ1v) is 4.32. The molecule has 6 heteroatoms. The topological polar surface area (TPSA) is 102 Å². The van der Waals surface area contributed by atoms with E-state index in [9.17, 15) is 9.59 Å². The highest BCUT2D eigenvalue weighted by molar-refractivity contribution is 5.76. The lowest BCUT2D eigenvalue weighted by molar-refractivity contribution is -0.138. The lowest BCUT2D eigenvalue weighted by atomic mass is 10.2. The van der Waals surface area contributed by atoms with Gasteiger partial charge in [0.15, 0.2) is 0 Å². The second-order valence-electron chi connectivity index (χ2n) is 2.83. The van der Waals surface area contributed by atoms with E-state index in [2.05, 4.69) is 5.32 Å². The van der Waals surface area contributed by atoms with Gasteiger partial charge in [-0.15, -0.1) is 0 Å². The van der Waals surface area contributed by atoms with Gasteiger partial charge in [-0.1, -0.05) is 0 Å². The lowest BCUT2D eigenvalue weighted by Gasteiger charge is -2.07. The van der Waals surface area contributed by atoms with Crippen molar-refractivity contribution in [1.29, 1.82) is 0 Å². The number of hydrogen-bond acceptors (Lipinski definition) is 4. The minimum absolute atomic E-state index is 0.163. The second-order valence-corrected chi connectivity index (χ2v) is 2.83. The lowest BCUT2D eigenvalue weighted by Crippen LogP contribution is -2.35. The molecule has 14 heavy (non-hydrogen) atoms. The molecule has 0 saturated carbocycles. The van der Waals surface area contributed by atoms with E-state index in [1.807, 2.05) is 0 Å². The van der Waals surface area contributed by atoms with E-state index in [1.54, 1.807) is 0 Å². The second kappa shape index (κ2) is 7.28. The third-order valence-corrected chi connectivity index (χ3v) is 1.63. The van der Waals surface area contributed by atoms with Crippen molar-refractivity contribution in [2.24, 2.45) is 5.73 Å². The molecule has 4 N–H and O–H groups in total. The van der Waals surface area contributed by atoms with Crippen LogP contribution in [-0.2, 0) is 14.3 Å². The van der Waals surface area contributed by atoms with Crippen LogP contribution in [0.5, 0.6) is 0 Å². The summed E-state index contributed by atoms with van der Waals surface area (Å²) in [6.07, 6.45) is 0.507. The molecule has 0 aliphatic carbocycles. The summed E-state index contributed by atoms with van der Waals surface area (Å²) in [6.45, 7) is 0.632. The zero-order valence-electron chi connectivity index (χ0n) is 8.16. The molecule has 0 fully saturated rings. The van der Waals surface area contributed by atoms with Crippen LogP contribution in [0.25, 0.3) is 0 Å². The summed E-state index contributed by atoms with van der Waals surface area (Å²) in [5.41, 5.74) is 5.23.